The number of carbonyl (C=O) groups is 2. The van der Waals surface area contributed by atoms with Crippen LogP contribution in [-0.2, 0) is 16.1 Å². The van der Waals surface area contributed by atoms with E-state index in [1.807, 2.05) is 24.3 Å². The summed E-state index contributed by atoms with van der Waals surface area (Å²) in [6, 6.07) is 12.3. The van der Waals surface area contributed by atoms with E-state index >= 15 is 0 Å². The zero-order valence-electron chi connectivity index (χ0n) is 17.0. The summed E-state index contributed by atoms with van der Waals surface area (Å²) in [6.07, 6.45) is -1.02. The van der Waals surface area contributed by atoms with Crippen LogP contribution < -0.4 is 15.5 Å². The highest BCUT2D eigenvalue weighted by molar-refractivity contribution is 5.90. The van der Waals surface area contributed by atoms with Crippen molar-refractivity contribution in [2.45, 2.75) is 26.5 Å². The second kappa shape index (κ2) is 9.90. The Kier molecular flexibility index (Phi) is 7.04. The Bertz CT molecular complexity index is 979. The topological polar surface area (TPSA) is 70.7 Å². The molecule has 1 fully saturated rings. The molecule has 1 unspecified atom stereocenters. The molecule has 1 atom stereocenters. The third kappa shape index (κ3) is 5.37. The summed E-state index contributed by atoms with van der Waals surface area (Å²) in [5.41, 5.74) is 2.71. The number of nitrogens with one attached hydrogen (secondary N) is 2. The maximum Gasteiger partial charge on any atom is 0.414 e. The molecular formula is C23H24FN3O3. The second-order valence-electron chi connectivity index (χ2n) is 6.94. The number of benzene rings is 2. The third-order valence-electron chi connectivity index (χ3n) is 4.70. The number of amides is 2. The number of cyclic esters (lactones) is 1. The average molecular weight is 409 g/mol. The van der Waals surface area contributed by atoms with E-state index in [9.17, 15) is 14.0 Å². The molecule has 3 rings (SSSR count). The van der Waals surface area contributed by atoms with Crippen molar-refractivity contribution >= 4 is 17.7 Å². The van der Waals surface area contributed by atoms with Crippen molar-refractivity contribution in [3.8, 4) is 23.0 Å². The molecule has 1 aliphatic heterocycles. The lowest BCUT2D eigenvalue weighted by atomic mass is 10.0. The van der Waals surface area contributed by atoms with Gasteiger partial charge in [0.2, 0.25) is 5.91 Å². The highest BCUT2D eigenvalue weighted by atomic mass is 19.1. The summed E-state index contributed by atoms with van der Waals surface area (Å²) in [7, 11) is 0. The van der Waals surface area contributed by atoms with E-state index < -0.39 is 18.0 Å². The van der Waals surface area contributed by atoms with Crippen molar-refractivity contribution in [3.63, 3.8) is 0 Å². The normalized spacial score (nSPS) is 15.4. The van der Waals surface area contributed by atoms with E-state index in [1.54, 1.807) is 19.1 Å². The zero-order chi connectivity index (χ0) is 21.5. The molecule has 1 aliphatic rings. The van der Waals surface area contributed by atoms with E-state index in [-0.39, 0.29) is 19.0 Å². The van der Waals surface area contributed by atoms with Crippen molar-refractivity contribution in [1.82, 2.24) is 10.6 Å². The SMILES string of the molecule is CC#CCNCc1ccc(-c2ccc(N3CC(CNC(C)=O)OC3=O)cc2F)cc1. The molecule has 2 aromatic rings. The van der Waals surface area contributed by atoms with Gasteiger partial charge in [0.25, 0.3) is 0 Å². The minimum Gasteiger partial charge on any atom is -0.442 e. The Labute approximate surface area is 175 Å². The van der Waals surface area contributed by atoms with Gasteiger partial charge in [0.15, 0.2) is 0 Å². The summed E-state index contributed by atoms with van der Waals surface area (Å²) >= 11 is 0. The lowest BCUT2D eigenvalue weighted by Gasteiger charge is -2.14. The highest BCUT2D eigenvalue weighted by Crippen LogP contribution is 2.29. The van der Waals surface area contributed by atoms with Gasteiger partial charge in [-0.2, -0.15) is 0 Å². The number of nitrogens with zero attached hydrogens (tertiary/aromatic N) is 1. The minimum atomic E-state index is -0.554. The molecule has 156 valence electrons. The van der Waals surface area contributed by atoms with Gasteiger partial charge in [-0.25, -0.2) is 9.18 Å². The molecule has 0 spiro atoms. The van der Waals surface area contributed by atoms with E-state index in [0.717, 1.165) is 11.1 Å². The van der Waals surface area contributed by atoms with Crippen molar-refractivity contribution in [1.29, 1.82) is 0 Å². The van der Waals surface area contributed by atoms with E-state index in [1.165, 1.54) is 17.9 Å². The third-order valence-corrected chi connectivity index (χ3v) is 4.70. The lowest BCUT2D eigenvalue weighted by Crippen LogP contribution is -2.33. The van der Waals surface area contributed by atoms with Crippen LogP contribution in [0.15, 0.2) is 42.5 Å². The van der Waals surface area contributed by atoms with Gasteiger partial charge in [0.1, 0.15) is 11.9 Å². The Hall–Kier alpha value is -3.37. The van der Waals surface area contributed by atoms with Gasteiger partial charge in [0.05, 0.1) is 25.3 Å². The van der Waals surface area contributed by atoms with Crippen LogP contribution in [0.1, 0.15) is 19.4 Å². The van der Waals surface area contributed by atoms with Gasteiger partial charge in [-0.05, 0) is 36.2 Å². The largest absolute Gasteiger partial charge is 0.442 e. The predicted molar refractivity (Wildman–Crippen MR) is 113 cm³/mol. The summed E-state index contributed by atoms with van der Waals surface area (Å²) < 4.78 is 20.0. The number of halogens is 1. The van der Waals surface area contributed by atoms with Gasteiger partial charge in [-0.3, -0.25) is 9.69 Å². The molecule has 0 saturated carbocycles. The van der Waals surface area contributed by atoms with Gasteiger partial charge in [-0.15, -0.1) is 5.92 Å². The summed E-state index contributed by atoms with van der Waals surface area (Å²) in [5, 5.41) is 5.83. The number of hydrogen-bond donors (Lipinski definition) is 2. The lowest BCUT2D eigenvalue weighted by molar-refractivity contribution is -0.119. The fourth-order valence-corrected chi connectivity index (χ4v) is 3.16. The second-order valence-corrected chi connectivity index (χ2v) is 6.94. The molecule has 2 N–H and O–H groups in total. The first kappa shape index (κ1) is 21.3. The van der Waals surface area contributed by atoms with Crippen LogP contribution in [0.5, 0.6) is 0 Å². The summed E-state index contributed by atoms with van der Waals surface area (Å²) in [6.45, 7) is 4.98. The average Bonchev–Trinajstić information content (AvgIpc) is 3.11. The Morgan fingerprint density at radius 2 is 2.03 bits per heavy atom. The van der Waals surface area contributed by atoms with E-state index in [4.69, 9.17) is 4.74 Å². The van der Waals surface area contributed by atoms with Crippen LogP contribution in [0, 0.1) is 17.7 Å². The fraction of sp³-hybridized carbons (Fsp3) is 0.304. The number of rotatable bonds is 7. The number of carbonyl (C=O) groups excluding carboxylic acids is 2. The quantitative estimate of drug-likeness (QED) is 0.545. The standard InChI is InChI=1S/C23H24FN3O3/c1-3-4-11-25-13-17-5-7-18(8-6-17)21-10-9-19(12-22(21)24)27-15-20(30-23(27)29)14-26-16(2)28/h5-10,12,20,25H,11,13-15H2,1-2H3,(H,26,28). The molecule has 1 saturated heterocycles. The molecule has 2 aromatic carbocycles. The molecule has 0 aromatic heterocycles. The molecule has 7 heteroatoms. The smallest absolute Gasteiger partial charge is 0.414 e. The molecule has 0 radical (unpaired) electrons. The van der Waals surface area contributed by atoms with Gasteiger partial charge in [-0.1, -0.05) is 30.2 Å². The van der Waals surface area contributed by atoms with Crippen molar-refractivity contribution in [2.24, 2.45) is 0 Å². The minimum absolute atomic E-state index is 0.198. The highest BCUT2D eigenvalue weighted by Gasteiger charge is 2.32. The van der Waals surface area contributed by atoms with Crippen LogP contribution in [0.25, 0.3) is 11.1 Å². The molecule has 1 heterocycles. The maximum atomic E-state index is 14.8. The molecule has 0 bridgehead atoms. The van der Waals surface area contributed by atoms with Gasteiger partial charge < -0.3 is 15.4 Å². The first-order valence-corrected chi connectivity index (χ1v) is 9.69. The number of hydrogen-bond acceptors (Lipinski definition) is 4. The van der Waals surface area contributed by atoms with E-state index in [0.29, 0.717) is 24.3 Å². The van der Waals surface area contributed by atoms with Crippen LogP contribution >= 0.6 is 0 Å². The molecular weight excluding hydrogens is 385 g/mol. The van der Waals surface area contributed by atoms with Crippen LogP contribution in [0.4, 0.5) is 14.9 Å². The zero-order valence-corrected chi connectivity index (χ0v) is 17.0. The van der Waals surface area contributed by atoms with Crippen LogP contribution in [0.2, 0.25) is 0 Å². The molecule has 2 amide bonds. The van der Waals surface area contributed by atoms with Crippen LogP contribution in [0.3, 0.4) is 0 Å². The van der Waals surface area contributed by atoms with Gasteiger partial charge in [0, 0.05) is 19.0 Å². The van der Waals surface area contributed by atoms with Crippen molar-refractivity contribution in [2.75, 3.05) is 24.5 Å². The predicted octanol–water partition coefficient (Wildman–Crippen LogP) is 3.07. The summed E-state index contributed by atoms with van der Waals surface area (Å²) in [5.74, 6) is 5.15. The van der Waals surface area contributed by atoms with E-state index in [2.05, 4.69) is 22.5 Å². The Morgan fingerprint density at radius 1 is 1.27 bits per heavy atom. The van der Waals surface area contributed by atoms with Gasteiger partial charge >= 0.3 is 6.09 Å². The number of anilines is 1. The number of ether oxygens (including phenoxy) is 1. The monoisotopic (exact) mass is 409 g/mol. The Balaban J connectivity index is 1.67. The first-order chi connectivity index (χ1) is 14.5. The van der Waals surface area contributed by atoms with Crippen molar-refractivity contribution < 1.29 is 18.7 Å². The van der Waals surface area contributed by atoms with Crippen molar-refractivity contribution in [3.05, 3.63) is 53.8 Å². The van der Waals surface area contributed by atoms with Crippen LogP contribution in [-0.4, -0.2) is 37.7 Å². The fourth-order valence-electron chi connectivity index (χ4n) is 3.16. The maximum absolute atomic E-state index is 14.8. The molecule has 0 aliphatic carbocycles. The molecule has 6 nitrogen and oxygen atoms in total. The summed E-state index contributed by atoms with van der Waals surface area (Å²) in [4.78, 5) is 24.5. The first-order valence-electron chi connectivity index (χ1n) is 9.69. The molecule has 30 heavy (non-hydrogen) atoms. The Morgan fingerprint density at radius 3 is 2.70 bits per heavy atom.